The number of hydrogen-bond acceptors (Lipinski definition) is 1. The van der Waals surface area contributed by atoms with E-state index in [1.807, 2.05) is 0 Å². The average Bonchev–Trinajstić information content (AvgIpc) is 2.39. The van der Waals surface area contributed by atoms with Crippen molar-refractivity contribution in [2.24, 2.45) is 0 Å². The molecule has 2 atom stereocenters. The highest BCUT2D eigenvalue weighted by Gasteiger charge is 2.18. The zero-order valence-electron chi connectivity index (χ0n) is 11.4. The van der Waals surface area contributed by atoms with E-state index in [-0.39, 0.29) is 0 Å². The maximum Gasteiger partial charge on any atom is 0.123 e. The molecule has 4 heteroatoms. The molecule has 1 aromatic carbocycles. The van der Waals surface area contributed by atoms with Crippen LogP contribution >= 0.6 is 61.1 Å². The van der Waals surface area contributed by atoms with Gasteiger partial charge in [0.1, 0.15) is 5.75 Å². The Morgan fingerprint density at radius 2 is 1.68 bits per heavy atom. The summed E-state index contributed by atoms with van der Waals surface area (Å²) in [5.41, 5.74) is 3.47. The van der Waals surface area contributed by atoms with Gasteiger partial charge in [0.05, 0.1) is 0 Å². The summed E-state index contributed by atoms with van der Waals surface area (Å²) < 4.78 is 0.926. The van der Waals surface area contributed by atoms with Gasteiger partial charge in [-0.3, -0.25) is 0 Å². The van der Waals surface area contributed by atoms with Gasteiger partial charge in [0.15, 0.2) is 0 Å². The molecule has 0 heterocycles. The van der Waals surface area contributed by atoms with E-state index in [0.29, 0.717) is 18.9 Å². The van der Waals surface area contributed by atoms with Gasteiger partial charge in [-0.15, -0.1) is 0 Å². The van der Waals surface area contributed by atoms with E-state index in [1.165, 1.54) is 18.4 Å². The van der Waals surface area contributed by atoms with Crippen molar-refractivity contribution in [2.45, 2.75) is 52.7 Å². The monoisotopic (exact) mass is 550 g/mol. The van der Waals surface area contributed by atoms with Gasteiger partial charge >= 0.3 is 0 Å². The van der Waals surface area contributed by atoms with Crippen molar-refractivity contribution in [2.75, 3.05) is 0 Å². The molecule has 108 valence electrons. The second-order valence-corrected chi connectivity index (χ2v) is 8.33. The van der Waals surface area contributed by atoms with Crippen LogP contribution in [0.25, 0.3) is 0 Å². The zero-order chi connectivity index (χ0) is 14.4. The Balaban J connectivity index is 3.17. The molecule has 0 aliphatic rings. The minimum atomic E-state index is 0.394. The number of phenols is 1. The Morgan fingerprint density at radius 1 is 1.11 bits per heavy atom. The van der Waals surface area contributed by atoms with Gasteiger partial charge in [-0.2, -0.15) is 0 Å². The molecule has 0 amide bonds. The van der Waals surface area contributed by atoms with Gasteiger partial charge < -0.3 is 5.11 Å². The zero-order valence-corrected chi connectivity index (χ0v) is 17.3. The van der Waals surface area contributed by atoms with Crippen LogP contribution in [0, 0.1) is 0 Å². The maximum atomic E-state index is 10.4. The Bertz CT molecular complexity index is 409. The van der Waals surface area contributed by atoms with Crippen LogP contribution in [0.3, 0.4) is 0 Å². The van der Waals surface area contributed by atoms with Gasteiger partial charge in [0.2, 0.25) is 0 Å². The molecular formula is C15H21BrI2O. The number of halogens is 3. The Hall–Kier alpha value is 0.960. The van der Waals surface area contributed by atoms with Crippen molar-refractivity contribution in [3.8, 4) is 5.75 Å². The van der Waals surface area contributed by atoms with Gasteiger partial charge in [-0.25, -0.2) is 0 Å². The Morgan fingerprint density at radius 3 is 2.21 bits per heavy atom. The summed E-state index contributed by atoms with van der Waals surface area (Å²) >= 11 is 8.45. The third kappa shape index (κ3) is 5.02. The number of phenolic OH excluding ortho intramolecular Hbond substituents is 1. The van der Waals surface area contributed by atoms with Crippen LogP contribution in [0.2, 0.25) is 0 Å². The molecule has 0 saturated carbocycles. The molecule has 2 unspecified atom stereocenters. The lowest BCUT2D eigenvalue weighted by Gasteiger charge is -2.18. The summed E-state index contributed by atoms with van der Waals surface area (Å²) in [6.07, 6.45) is 4.63. The lowest BCUT2D eigenvalue weighted by atomic mass is 9.98. The standard InChI is InChI=1S/C15H21BrI2O/c1-3-5-13(17)10-7-11(9-16)15(19)12(8-10)14(18)6-4-2/h7-8,13-14,19H,3-6,9H2,1-2H3. The van der Waals surface area contributed by atoms with Gasteiger partial charge in [0.25, 0.3) is 0 Å². The van der Waals surface area contributed by atoms with E-state index >= 15 is 0 Å². The van der Waals surface area contributed by atoms with Crippen LogP contribution in [0.5, 0.6) is 5.75 Å². The minimum absolute atomic E-state index is 0.394. The van der Waals surface area contributed by atoms with Gasteiger partial charge in [0, 0.05) is 24.3 Å². The Labute approximate surface area is 152 Å². The third-order valence-electron chi connectivity index (χ3n) is 3.17. The molecule has 1 N–H and O–H groups in total. The molecule has 0 aliphatic carbocycles. The van der Waals surface area contributed by atoms with Crippen LogP contribution < -0.4 is 0 Å². The summed E-state index contributed by atoms with van der Waals surface area (Å²) in [6.45, 7) is 4.41. The SMILES string of the molecule is CCCC(I)c1cc(CBr)c(O)c(C(I)CCC)c1. The first-order valence-corrected chi connectivity index (χ1v) is 10.4. The van der Waals surface area contributed by atoms with Crippen LogP contribution in [-0.2, 0) is 5.33 Å². The largest absolute Gasteiger partial charge is 0.507 e. The number of aromatic hydroxyl groups is 1. The van der Waals surface area contributed by atoms with Crippen molar-refractivity contribution in [1.82, 2.24) is 0 Å². The van der Waals surface area contributed by atoms with Crippen molar-refractivity contribution in [3.63, 3.8) is 0 Å². The lowest BCUT2D eigenvalue weighted by molar-refractivity contribution is 0.462. The minimum Gasteiger partial charge on any atom is -0.507 e. The van der Waals surface area contributed by atoms with E-state index in [0.717, 1.165) is 24.0 Å². The molecule has 0 radical (unpaired) electrons. The van der Waals surface area contributed by atoms with Gasteiger partial charge in [-0.1, -0.05) is 93.9 Å². The highest BCUT2D eigenvalue weighted by Crippen LogP contribution is 2.41. The van der Waals surface area contributed by atoms with Crippen molar-refractivity contribution in [1.29, 1.82) is 0 Å². The molecule has 0 fully saturated rings. The van der Waals surface area contributed by atoms with E-state index < -0.39 is 0 Å². The molecule has 0 spiro atoms. The molecule has 1 rings (SSSR count). The summed E-state index contributed by atoms with van der Waals surface area (Å²) in [6, 6.07) is 4.36. The first kappa shape index (κ1) is 18.0. The molecule has 0 bridgehead atoms. The predicted octanol–water partition coefficient (Wildman–Crippen LogP) is 6.84. The summed E-state index contributed by atoms with van der Waals surface area (Å²) in [5, 5.41) is 11.1. The summed E-state index contributed by atoms with van der Waals surface area (Å²) in [5.74, 6) is 0.480. The fourth-order valence-corrected chi connectivity index (χ4v) is 4.60. The number of rotatable bonds is 7. The quantitative estimate of drug-likeness (QED) is 0.291. The highest BCUT2D eigenvalue weighted by atomic mass is 127. The topological polar surface area (TPSA) is 20.2 Å². The number of benzene rings is 1. The normalized spacial score (nSPS) is 14.4. The predicted molar refractivity (Wildman–Crippen MR) is 104 cm³/mol. The number of alkyl halides is 3. The molecule has 19 heavy (non-hydrogen) atoms. The van der Waals surface area contributed by atoms with E-state index in [1.54, 1.807) is 0 Å². The van der Waals surface area contributed by atoms with Gasteiger partial charge in [-0.05, 0) is 24.5 Å². The Kier molecular flexibility index (Phi) is 8.60. The summed E-state index contributed by atoms with van der Waals surface area (Å²) in [4.78, 5) is 0. The van der Waals surface area contributed by atoms with E-state index in [4.69, 9.17) is 0 Å². The lowest BCUT2D eigenvalue weighted by Crippen LogP contribution is -1.98. The van der Waals surface area contributed by atoms with Crippen molar-refractivity contribution >= 4 is 61.1 Å². The molecule has 1 aromatic rings. The third-order valence-corrected chi connectivity index (χ3v) is 6.41. The second kappa shape index (κ2) is 9.07. The molecule has 0 aliphatic heterocycles. The molecule has 0 aromatic heterocycles. The van der Waals surface area contributed by atoms with E-state index in [2.05, 4.69) is 87.1 Å². The first-order chi connectivity index (χ1) is 9.04. The van der Waals surface area contributed by atoms with Crippen LogP contribution in [0.4, 0.5) is 0 Å². The highest BCUT2D eigenvalue weighted by molar-refractivity contribution is 14.1. The smallest absolute Gasteiger partial charge is 0.123 e. The van der Waals surface area contributed by atoms with Crippen LogP contribution in [0.15, 0.2) is 12.1 Å². The molecule has 0 saturated heterocycles. The molecular weight excluding hydrogens is 530 g/mol. The second-order valence-electron chi connectivity index (χ2n) is 4.76. The number of hydrogen-bond donors (Lipinski definition) is 1. The first-order valence-electron chi connectivity index (χ1n) is 6.74. The maximum absolute atomic E-state index is 10.4. The van der Waals surface area contributed by atoms with Crippen LogP contribution in [0.1, 0.15) is 64.1 Å². The van der Waals surface area contributed by atoms with Crippen molar-refractivity contribution in [3.05, 3.63) is 28.8 Å². The fourth-order valence-electron chi connectivity index (χ4n) is 2.10. The van der Waals surface area contributed by atoms with Crippen molar-refractivity contribution < 1.29 is 5.11 Å². The van der Waals surface area contributed by atoms with E-state index in [9.17, 15) is 5.11 Å². The average molecular weight is 551 g/mol. The van der Waals surface area contributed by atoms with Crippen LogP contribution in [-0.4, -0.2) is 5.11 Å². The molecule has 1 nitrogen and oxygen atoms in total. The summed E-state index contributed by atoms with van der Waals surface area (Å²) in [7, 11) is 0. The fraction of sp³-hybridized carbons (Fsp3) is 0.600.